The van der Waals surface area contributed by atoms with Crippen LogP contribution in [0, 0.1) is 11.3 Å². The molecule has 0 saturated carbocycles. The molecule has 1 heterocycles. The fourth-order valence-electron chi connectivity index (χ4n) is 2.68. The Balaban J connectivity index is 2.01. The van der Waals surface area contributed by atoms with Gasteiger partial charge in [0.2, 0.25) is 5.84 Å². The molecule has 0 aromatic heterocycles. The number of rotatable bonds is 5. The topological polar surface area (TPSA) is 88.8 Å². The molecule has 0 radical (unpaired) electrons. The van der Waals surface area contributed by atoms with Crippen molar-refractivity contribution in [2.24, 2.45) is 4.99 Å². The van der Waals surface area contributed by atoms with Crippen LogP contribution in [0.2, 0.25) is 5.02 Å². The largest absolute Gasteiger partial charge is 0.362 e. The second-order valence-electron chi connectivity index (χ2n) is 5.86. The molecule has 1 N–H and O–H groups in total. The number of amidine groups is 1. The third-order valence-corrected chi connectivity index (χ3v) is 4.69. The average molecular weight is 416 g/mol. The molecule has 142 valence electrons. The Morgan fingerprint density at radius 3 is 2.54 bits per heavy atom. The molecule has 1 atom stereocenters. The summed E-state index contributed by atoms with van der Waals surface area (Å²) in [6.07, 6.45) is -0.751. The van der Waals surface area contributed by atoms with Crippen LogP contribution in [0.5, 0.6) is 0 Å². The van der Waals surface area contributed by atoms with E-state index in [-0.39, 0.29) is 11.7 Å². The Hall–Kier alpha value is -3.08. The van der Waals surface area contributed by atoms with Crippen molar-refractivity contribution in [3.05, 3.63) is 59.1 Å². The Bertz CT molecular complexity index is 1000. The van der Waals surface area contributed by atoms with E-state index in [1.165, 1.54) is 7.05 Å². The van der Waals surface area contributed by atoms with E-state index in [0.29, 0.717) is 22.0 Å². The summed E-state index contributed by atoms with van der Waals surface area (Å²) in [4.78, 5) is 31.7. The third-order valence-electron chi connectivity index (χ3n) is 4.07. The summed E-state index contributed by atoms with van der Waals surface area (Å²) in [5.74, 6) is -0.672. The Morgan fingerprint density at radius 2 is 1.86 bits per heavy atom. The van der Waals surface area contributed by atoms with Crippen LogP contribution in [0.15, 0.2) is 53.5 Å². The van der Waals surface area contributed by atoms with Crippen LogP contribution in [0.3, 0.4) is 0 Å². The summed E-state index contributed by atoms with van der Waals surface area (Å²) in [7, 11) is 1.37. The van der Waals surface area contributed by atoms with Crippen LogP contribution < -0.4 is 10.2 Å². The van der Waals surface area contributed by atoms with Crippen LogP contribution in [-0.4, -0.2) is 41.8 Å². The van der Waals surface area contributed by atoms with Crippen molar-refractivity contribution in [2.45, 2.75) is 6.17 Å². The minimum Gasteiger partial charge on any atom is -0.362 e. The number of imide groups is 1. The van der Waals surface area contributed by atoms with E-state index < -0.39 is 18.1 Å². The smallest absolute Gasteiger partial charge is 0.337 e. The van der Waals surface area contributed by atoms with E-state index in [2.05, 4.69) is 16.4 Å². The number of benzene rings is 2. The number of nitrogens with one attached hydrogen (secondary N) is 1. The van der Waals surface area contributed by atoms with E-state index in [1.807, 2.05) is 0 Å². The SMILES string of the molecule is CN1C(=O)C(=NC(CCl)Nc2ccccc2C#N)N(c2ccccc2Cl)C1=O. The van der Waals surface area contributed by atoms with Crippen molar-refractivity contribution in [1.29, 1.82) is 5.26 Å². The predicted molar refractivity (Wildman–Crippen MR) is 109 cm³/mol. The number of carbonyl (C=O) groups excluding carboxylic acids is 2. The first-order valence-corrected chi connectivity index (χ1v) is 9.15. The Kier molecular flexibility index (Phi) is 5.83. The van der Waals surface area contributed by atoms with Gasteiger partial charge >= 0.3 is 6.03 Å². The van der Waals surface area contributed by atoms with E-state index in [9.17, 15) is 14.9 Å². The molecule has 7 nitrogen and oxygen atoms in total. The summed E-state index contributed by atoms with van der Waals surface area (Å²) >= 11 is 12.2. The normalized spacial score (nSPS) is 16.4. The molecule has 1 unspecified atom stereocenters. The zero-order chi connectivity index (χ0) is 20.3. The number of halogens is 2. The maximum atomic E-state index is 12.6. The number of carbonyl (C=O) groups is 2. The summed E-state index contributed by atoms with van der Waals surface area (Å²) in [5, 5.41) is 12.6. The van der Waals surface area contributed by atoms with Gasteiger partial charge in [-0.3, -0.25) is 9.69 Å². The predicted octanol–water partition coefficient (Wildman–Crippen LogP) is 3.69. The summed E-state index contributed by atoms with van der Waals surface area (Å²) in [6, 6.07) is 15.0. The standard InChI is InChI=1S/C19H15Cl2N5O2/c1-25-18(27)17(26(19(25)28)15-9-5-3-7-13(15)21)24-16(10-20)23-14-8-4-2-6-12(14)11-22/h2-9,16,23H,10H2,1H3. The van der Waals surface area contributed by atoms with Gasteiger partial charge < -0.3 is 5.32 Å². The molecule has 2 aromatic carbocycles. The monoisotopic (exact) mass is 415 g/mol. The highest BCUT2D eigenvalue weighted by molar-refractivity contribution is 6.55. The second-order valence-corrected chi connectivity index (χ2v) is 6.57. The molecule has 0 spiro atoms. The molecule has 1 saturated heterocycles. The van der Waals surface area contributed by atoms with Gasteiger partial charge in [-0.25, -0.2) is 14.7 Å². The summed E-state index contributed by atoms with van der Waals surface area (Å²) < 4.78 is 0. The molecule has 1 aliphatic rings. The number of likely N-dealkylation sites (N-methyl/N-ethyl adjacent to an activating group) is 1. The maximum Gasteiger partial charge on any atom is 0.337 e. The molecule has 1 fully saturated rings. The minimum atomic E-state index is -0.751. The molecular weight excluding hydrogens is 401 g/mol. The number of urea groups is 1. The minimum absolute atomic E-state index is 0.00477. The molecule has 0 bridgehead atoms. The van der Waals surface area contributed by atoms with Crippen LogP contribution in [0.4, 0.5) is 16.2 Å². The quantitative estimate of drug-likeness (QED) is 0.595. The van der Waals surface area contributed by atoms with Crippen LogP contribution >= 0.6 is 23.2 Å². The third kappa shape index (κ3) is 3.65. The highest BCUT2D eigenvalue weighted by Crippen LogP contribution is 2.30. The molecule has 2 aromatic rings. The molecule has 9 heteroatoms. The highest BCUT2D eigenvalue weighted by Gasteiger charge is 2.42. The number of alkyl halides is 1. The lowest BCUT2D eigenvalue weighted by molar-refractivity contribution is -0.119. The van der Waals surface area contributed by atoms with Gasteiger partial charge in [-0.2, -0.15) is 5.26 Å². The van der Waals surface area contributed by atoms with E-state index >= 15 is 0 Å². The van der Waals surface area contributed by atoms with Gasteiger partial charge in [0.1, 0.15) is 12.2 Å². The fraction of sp³-hybridized carbons (Fsp3) is 0.158. The zero-order valence-corrected chi connectivity index (χ0v) is 16.3. The van der Waals surface area contributed by atoms with Crippen LogP contribution in [0.25, 0.3) is 0 Å². The number of amides is 3. The van der Waals surface area contributed by atoms with Gasteiger partial charge in [0.15, 0.2) is 0 Å². The van der Waals surface area contributed by atoms with Crippen molar-refractivity contribution >= 4 is 52.4 Å². The van der Waals surface area contributed by atoms with Crippen molar-refractivity contribution in [3.8, 4) is 6.07 Å². The molecular formula is C19H15Cl2N5O2. The van der Waals surface area contributed by atoms with Gasteiger partial charge in [-0.1, -0.05) is 35.9 Å². The van der Waals surface area contributed by atoms with Crippen LogP contribution in [0.1, 0.15) is 5.56 Å². The number of nitrogens with zero attached hydrogens (tertiary/aromatic N) is 4. The Labute approximate surface area is 171 Å². The average Bonchev–Trinajstić information content (AvgIpc) is 2.92. The van der Waals surface area contributed by atoms with Crippen LogP contribution in [-0.2, 0) is 4.79 Å². The van der Waals surface area contributed by atoms with Crippen molar-refractivity contribution in [2.75, 3.05) is 23.1 Å². The summed E-state index contributed by atoms with van der Waals surface area (Å²) in [5.41, 5.74) is 1.28. The first kappa shape index (κ1) is 19.7. The first-order valence-electron chi connectivity index (χ1n) is 8.24. The number of hydrogen-bond donors (Lipinski definition) is 1. The van der Waals surface area contributed by atoms with Crippen molar-refractivity contribution < 1.29 is 9.59 Å². The second kappa shape index (κ2) is 8.30. The lowest BCUT2D eigenvalue weighted by atomic mass is 10.2. The van der Waals surface area contributed by atoms with Gasteiger partial charge in [-0.15, -0.1) is 11.6 Å². The maximum absolute atomic E-state index is 12.6. The van der Waals surface area contributed by atoms with Gasteiger partial charge in [0, 0.05) is 7.05 Å². The number of hydrogen-bond acceptors (Lipinski definition) is 5. The van der Waals surface area contributed by atoms with E-state index in [1.54, 1.807) is 48.5 Å². The lowest BCUT2D eigenvalue weighted by Crippen LogP contribution is -2.34. The number of aliphatic imine (C=N–C) groups is 1. The molecule has 1 aliphatic heterocycles. The lowest BCUT2D eigenvalue weighted by Gasteiger charge is -2.19. The van der Waals surface area contributed by atoms with E-state index in [4.69, 9.17) is 23.2 Å². The number of nitriles is 1. The van der Waals surface area contributed by atoms with Crippen molar-refractivity contribution in [3.63, 3.8) is 0 Å². The molecule has 28 heavy (non-hydrogen) atoms. The number of para-hydroxylation sites is 2. The van der Waals surface area contributed by atoms with Crippen molar-refractivity contribution in [1.82, 2.24) is 4.90 Å². The van der Waals surface area contributed by atoms with Gasteiger partial charge in [0.05, 0.1) is 27.8 Å². The molecule has 0 aliphatic carbocycles. The van der Waals surface area contributed by atoms with E-state index in [0.717, 1.165) is 9.80 Å². The molecule has 3 rings (SSSR count). The van der Waals surface area contributed by atoms with Gasteiger partial charge in [-0.05, 0) is 24.3 Å². The highest BCUT2D eigenvalue weighted by atomic mass is 35.5. The van der Waals surface area contributed by atoms with Gasteiger partial charge in [0.25, 0.3) is 5.91 Å². The molecule has 3 amide bonds. The summed E-state index contributed by atoms with van der Waals surface area (Å²) in [6.45, 7) is 0. The fourth-order valence-corrected chi connectivity index (χ4v) is 3.04. The first-order chi connectivity index (χ1) is 13.5. The Morgan fingerprint density at radius 1 is 1.18 bits per heavy atom. The number of anilines is 2. The zero-order valence-electron chi connectivity index (χ0n) is 14.8.